The highest BCUT2D eigenvalue weighted by atomic mass is 35.5. The topological polar surface area (TPSA) is 21.3 Å². The molecule has 124 valence electrons. The summed E-state index contributed by atoms with van der Waals surface area (Å²) in [5.41, 5.74) is 3.11. The van der Waals surface area contributed by atoms with Crippen molar-refractivity contribution in [3.8, 4) is 5.75 Å². The fourth-order valence-corrected chi connectivity index (χ4v) is 4.68. The Morgan fingerprint density at radius 1 is 1.08 bits per heavy atom. The molecule has 2 aromatic carbocycles. The zero-order valence-corrected chi connectivity index (χ0v) is 15.3. The predicted octanol–water partition coefficient (Wildman–Crippen LogP) is 6.48. The van der Waals surface area contributed by atoms with Crippen molar-refractivity contribution in [1.82, 2.24) is 0 Å². The molecule has 2 aromatic rings. The van der Waals surface area contributed by atoms with E-state index in [4.69, 9.17) is 39.5 Å². The fraction of sp³-hybridized carbons (Fsp3) is 0.263. The molecule has 0 spiro atoms. The second-order valence-electron chi connectivity index (χ2n) is 6.18. The molecule has 0 fully saturated rings. The van der Waals surface area contributed by atoms with Crippen molar-refractivity contribution in [2.24, 2.45) is 5.92 Å². The number of hydrogen-bond donors (Lipinski definition) is 1. The molecule has 4 rings (SSSR count). The summed E-state index contributed by atoms with van der Waals surface area (Å²) in [6.07, 6.45) is 5.44. The van der Waals surface area contributed by atoms with Gasteiger partial charge in [-0.25, -0.2) is 0 Å². The van der Waals surface area contributed by atoms with Gasteiger partial charge in [0.2, 0.25) is 0 Å². The summed E-state index contributed by atoms with van der Waals surface area (Å²) >= 11 is 19.1. The highest BCUT2D eigenvalue weighted by Gasteiger charge is 2.40. The van der Waals surface area contributed by atoms with Gasteiger partial charge in [0.25, 0.3) is 0 Å². The van der Waals surface area contributed by atoms with Crippen LogP contribution in [-0.2, 0) is 0 Å². The maximum atomic E-state index is 6.51. The molecule has 0 bridgehead atoms. The maximum Gasteiger partial charge on any atom is 0.142 e. The Hall–Kier alpha value is -1.35. The molecular formula is C19H16Cl3NO. The van der Waals surface area contributed by atoms with Crippen molar-refractivity contribution >= 4 is 40.5 Å². The van der Waals surface area contributed by atoms with Gasteiger partial charge in [0.15, 0.2) is 0 Å². The van der Waals surface area contributed by atoms with E-state index in [-0.39, 0.29) is 12.0 Å². The highest BCUT2D eigenvalue weighted by Crippen LogP contribution is 2.54. The van der Waals surface area contributed by atoms with Gasteiger partial charge in [-0.05, 0) is 42.2 Å². The number of nitrogens with one attached hydrogen (secondary N) is 1. The minimum atomic E-state index is 0.0784. The van der Waals surface area contributed by atoms with Crippen LogP contribution in [0.3, 0.4) is 0 Å². The first-order valence-electron chi connectivity index (χ1n) is 7.84. The van der Waals surface area contributed by atoms with Crippen LogP contribution < -0.4 is 10.1 Å². The van der Waals surface area contributed by atoms with Gasteiger partial charge in [-0.15, -0.1) is 0 Å². The van der Waals surface area contributed by atoms with E-state index in [1.54, 1.807) is 13.2 Å². The molecular weight excluding hydrogens is 365 g/mol. The number of rotatable bonds is 2. The van der Waals surface area contributed by atoms with Crippen LogP contribution in [0.1, 0.15) is 29.5 Å². The quantitative estimate of drug-likeness (QED) is 0.602. The zero-order valence-electron chi connectivity index (χ0n) is 13.0. The lowest BCUT2D eigenvalue weighted by atomic mass is 9.77. The van der Waals surface area contributed by atoms with Crippen LogP contribution in [0.2, 0.25) is 15.1 Å². The van der Waals surface area contributed by atoms with Gasteiger partial charge in [-0.3, -0.25) is 0 Å². The van der Waals surface area contributed by atoms with Gasteiger partial charge in [0, 0.05) is 26.5 Å². The zero-order chi connectivity index (χ0) is 16.8. The summed E-state index contributed by atoms with van der Waals surface area (Å²) in [7, 11) is 1.67. The molecule has 5 heteroatoms. The molecule has 1 aliphatic carbocycles. The third-order valence-corrected chi connectivity index (χ3v) is 5.84. The van der Waals surface area contributed by atoms with Crippen LogP contribution in [0.25, 0.3) is 0 Å². The fourth-order valence-electron chi connectivity index (χ4n) is 3.87. The summed E-state index contributed by atoms with van der Waals surface area (Å²) in [6, 6.07) is 9.55. The molecule has 0 saturated heterocycles. The second kappa shape index (κ2) is 6.18. The summed E-state index contributed by atoms with van der Waals surface area (Å²) in [5.74, 6) is 1.41. The molecule has 0 saturated carbocycles. The third-order valence-electron chi connectivity index (χ3n) is 4.95. The molecule has 2 nitrogen and oxygen atoms in total. The van der Waals surface area contributed by atoms with E-state index in [0.717, 1.165) is 34.0 Å². The van der Waals surface area contributed by atoms with Gasteiger partial charge in [0.1, 0.15) is 5.75 Å². The molecule has 1 heterocycles. The lowest BCUT2D eigenvalue weighted by Gasteiger charge is -2.38. The first-order valence-corrected chi connectivity index (χ1v) is 8.98. The molecule has 1 N–H and O–H groups in total. The Labute approximate surface area is 156 Å². The Morgan fingerprint density at radius 3 is 2.67 bits per heavy atom. The van der Waals surface area contributed by atoms with E-state index in [0.29, 0.717) is 16.0 Å². The number of methoxy groups -OCH3 is 1. The second-order valence-corrected chi connectivity index (χ2v) is 7.43. The summed E-state index contributed by atoms with van der Waals surface area (Å²) in [4.78, 5) is 0. The molecule has 1 aliphatic heterocycles. The molecule has 0 amide bonds. The minimum Gasteiger partial charge on any atom is -0.495 e. The highest BCUT2D eigenvalue weighted by molar-refractivity contribution is 6.35. The largest absolute Gasteiger partial charge is 0.495 e. The lowest BCUT2D eigenvalue weighted by Crippen LogP contribution is -2.29. The average Bonchev–Trinajstić information content (AvgIpc) is 3.04. The van der Waals surface area contributed by atoms with Crippen LogP contribution in [-0.4, -0.2) is 7.11 Å². The lowest BCUT2D eigenvalue weighted by molar-refractivity contribution is 0.397. The molecule has 0 radical (unpaired) electrons. The van der Waals surface area contributed by atoms with Crippen molar-refractivity contribution < 1.29 is 4.74 Å². The van der Waals surface area contributed by atoms with E-state index in [1.807, 2.05) is 24.3 Å². The molecule has 0 unspecified atom stereocenters. The third kappa shape index (κ3) is 2.48. The van der Waals surface area contributed by atoms with E-state index < -0.39 is 0 Å². The van der Waals surface area contributed by atoms with Crippen molar-refractivity contribution in [2.75, 3.05) is 12.4 Å². The number of halogens is 3. The standard InChI is InChI=1S/C19H16Cl3NO/c1-24-16-8-7-14(21)17-11-3-2-4-12(11)18(23-19(16)17)13-6-5-10(20)9-15(13)22/h2-3,5-9,11-12,18,23H,4H2,1H3/t11-,12+,18-/m0/s1. The Kier molecular flexibility index (Phi) is 4.16. The van der Waals surface area contributed by atoms with Crippen molar-refractivity contribution in [3.63, 3.8) is 0 Å². The van der Waals surface area contributed by atoms with Gasteiger partial charge in [0.05, 0.1) is 18.8 Å². The van der Waals surface area contributed by atoms with Gasteiger partial charge < -0.3 is 10.1 Å². The van der Waals surface area contributed by atoms with Crippen LogP contribution in [0.5, 0.6) is 5.75 Å². The van der Waals surface area contributed by atoms with Crippen molar-refractivity contribution in [3.05, 3.63) is 68.7 Å². The summed E-state index contributed by atoms with van der Waals surface area (Å²) < 4.78 is 5.55. The smallest absolute Gasteiger partial charge is 0.142 e. The minimum absolute atomic E-state index is 0.0784. The van der Waals surface area contributed by atoms with Gasteiger partial charge in [-0.1, -0.05) is 53.0 Å². The van der Waals surface area contributed by atoms with Gasteiger partial charge >= 0.3 is 0 Å². The maximum absolute atomic E-state index is 6.51. The van der Waals surface area contributed by atoms with Crippen LogP contribution in [0.4, 0.5) is 5.69 Å². The van der Waals surface area contributed by atoms with Crippen molar-refractivity contribution in [2.45, 2.75) is 18.4 Å². The average molecular weight is 381 g/mol. The number of hydrogen-bond acceptors (Lipinski definition) is 2. The Bertz CT molecular complexity index is 834. The van der Waals surface area contributed by atoms with Crippen molar-refractivity contribution in [1.29, 1.82) is 0 Å². The molecule has 3 atom stereocenters. The number of anilines is 1. The van der Waals surface area contributed by atoms with Crippen LogP contribution >= 0.6 is 34.8 Å². The molecule has 24 heavy (non-hydrogen) atoms. The normalized spacial score (nSPS) is 24.2. The number of allylic oxidation sites excluding steroid dienone is 2. The Morgan fingerprint density at radius 2 is 1.92 bits per heavy atom. The SMILES string of the molecule is COc1ccc(Cl)c2c1N[C@H](c1ccc(Cl)cc1Cl)[C@@H]1CC=C[C@H]21. The first kappa shape index (κ1) is 16.1. The first-order chi connectivity index (χ1) is 11.6. The number of benzene rings is 2. The van der Waals surface area contributed by atoms with Crippen LogP contribution in [0.15, 0.2) is 42.5 Å². The number of ether oxygens (including phenoxy) is 1. The molecule has 0 aromatic heterocycles. The van der Waals surface area contributed by atoms with E-state index in [1.165, 1.54) is 0 Å². The van der Waals surface area contributed by atoms with Crippen LogP contribution in [0, 0.1) is 5.92 Å². The Balaban J connectivity index is 1.87. The van der Waals surface area contributed by atoms with E-state index in [9.17, 15) is 0 Å². The van der Waals surface area contributed by atoms with Gasteiger partial charge in [-0.2, -0.15) is 0 Å². The summed E-state index contributed by atoms with van der Waals surface area (Å²) in [5, 5.41) is 5.71. The van der Waals surface area contributed by atoms with E-state index >= 15 is 0 Å². The molecule has 2 aliphatic rings. The summed E-state index contributed by atoms with van der Waals surface area (Å²) in [6.45, 7) is 0. The van der Waals surface area contributed by atoms with E-state index in [2.05, 4.69) is 17.5 Å². The predicted molar refractivity (Wildman–Crippen MR) is 101 cm³/mol. The number of fused-ring (bicyclic) bond motifs is 3. The monoisotopic (exact) mass is 379 g/mol.